The molecule has 4 heterocycles. The molecule has 0 fully saturated rings. The molecule has 53 heavy (non-hydrogen) atoms. The maximum absolute atomic E-state index is 4.37. The molecule has 10 rings (SSSR count). The van der Waals surface area contributed by atoms with Crippen LogP contribution in [0.5, 0.6) is 0 Å². The van der Waals surface area contributed by atoms with Crippen molar-refractivity contribution in [2.45, 2.75) is 0 Å². The summed E-state index contributed by atoms with van der Waals surface area (Å²) in [6.45, 7) is 0. The van der Waals surface area contributed by atoms with Gasteiger partial charge in [-0.1, -0.05) is 48.5 Å². The Labute approximate surface area is 305 Å². The molecule has 6 aromatic carbocycles. The SMILES string of the molecule is c1ccc(-n2ccc3cc4c(cc32)c2cc(N(c3ccc(-c5ccncc5)cc3)c3ccc(-c5ncncn5)cc3)ccc2n4-c2ccccc2)cc1. The van der Waals surface area contributed by atoms with E-state index in [0.29, 0.717) is 5.82 Å². The lowest BCUT2D eigenvalue weighted by atomic mass is 10.1. The van der Waals surface area contributed by atoms with Crippen LogP contribution in [-0.4, -0.2) is 29.1 Å². The lowest BCUT2D eigenvalue weighted by Gasteiger charge is -2.26. The van der Waals surface area contributed by atoms with E-state index in [2.05, 4.69) is 186 Å². The summed E-state index contributed by atoms with van der Waals surface area (Å²) in [5, 5.41) is 3.55. The van der Waals surface area contributed by atoms with Crippen molar-refractivity contribution in [1.29, 1.82) is 0 Å². The highest BCUT2D eigenvalue weighted by atomic mass is 15.1. The normalized spacial score (nSPS) is 11.4. The highest BCUT2D eigenvalue weighted by Crippen LogP contribution is 2.41. The quantitative estimate of drug-likeness (QED) is 0.167. The minimum absolute atomic E-state index is 0.640. The molecular weight excluding hydrogens is 651 g/mol. The van der Waals surface area contributed by atoms with E-state index in [0.717, 1.165) is 56.2 Å². The first kappa shape index (κ1) is 30.4. The van der Waals surface area contributed by atoms with Gasteiger partial charge in [-0.15, -0.1) is 0 Å². The van der Waals surface area contributed by atoms with E-state index in [1.165, 1.54) is 34.3 Å². The minimum Gasteiger partial charge on any atom is -0.317 e. The third-order valence-corrected chi connectivity index (χ3v) is 9.88. The van der Waals surface area contributed by atoms with Crippen LogP contribution >= 0.6 is 0 Å². The Balaban J connectivity index is 1.18. The van der Waals surface area contributed by atoms with Gasteiger partial charge in [-0.3, -0.25) is 4.98 Å². The van der Waals surface area contributed by atoms with E-state index < -0.39 is 0 Å². The average molecular weight is 682 g/mol. The molecule has 250 valence electrons. The molecule has 0 bridgehead atoms. The molecule has 10 aromatic rings. The van der Waals surface area contributed by atoms with Crippen molar-refractivity contribution in [3.05, 3.63) is 189 Å². The van der Waals surface area contributed by atoms with E-state index in [9.17, 15) is 0 Å². The van der Waals surface area contributed by atoms with E-state index in [4.69, 9.17) is 0 Å². The maximum atomic E-state index is 4.37. The molecule has 0 amide bonds. The molecule has 0 saturated heterocycles. The van der Waals surface area contributed by atoms with Crippen molar-refractivity contribution in [1.82, 2.24) is 29.1 Å². The summed E-state index contributed by atoms with van der Waals surface area (Å²) in [5.41, 5.74) is 12.0. The first-order chi connectivity index (χ1) is 26.3. The molecule has 0 spiro atoms. The Bertz CT molecular complexity index is 2770. The molecule has 0 saturated carbocycles. The summed E-state index contributed by atoms with van der Waals surface area (Å²) in [6, 6.07) is 56.0. The predicted molar refractivity (Wildman–Crippen MR) is 214 cm³/mol. The van der Waals surface area contributed by atoms with Gasteiger partial charge >= 0.3 is 0 Å². The third-order valence-electron chi connectivity index (χ3n) is 9.88. The van der Waals surface area contributed by atoms with Crippen molar-refractivity contribution < 1.29 is 0 Å². The molecule has 0 atom stereocenters. The first-order valence-electron chi connectivity index (χ1n) is 17.5. The average Bonchev–Trinajstić information content (AvgIpc) is 3.80. The number of aromatic nitrogens is 6. The van der Waals surface area contributed by atoms with E-state index >= 15 is 0 Å². The van der Waals surface area contributed by atoms with Gasteiger partial charge in [0.05, 0.1) is 16.6 Å². The largest absolute Gasteiger partial charge is 0.317 e. The molecule has 0 aliphatic heterocycles. The van der Waals surface area contributed by atoms with Gasteiger partial charge in [0.1, 0.15) is 12.7 Å². The molecule has 7 nitrogen and oxygen atoms in total. The molecular formula is C46H31N7. The zero-order valence-corrected chi connectivity index (χ0v) is 28.5. The van der Waals surface area contributed by atoms with E-state index in [1.807, 2.05) is 24.5 Å². The summed E-state index contributed by atoms with van der Waals surface area (Å²) in [6.07, 6.45) is 8.87. The van der Waals surface area contributed by atoms with Crippen molar-refractivity contribution in [2.75, 3.05) is 4.90 Å². The van der Waals surface area contributed by atoms with Gasteiger partial charge in [0.25, 0.3) is 0 Å². The molecule has 0 radical (unpaired) electrons. The molecule has 0 aliphatic carbocycles. The van der Waals surface area contributed by atoms with Crippen LogP contribution in [0.25, 0.3) is 66.6 Å². The van der Waals surface area contributed by atoms with Crippen LogP contribution < -0.4 is 4.90 Å². The Morgan fingerprint density at radius 3 is 1.74 bits per heavy atom. The predicted octanol–water partition coefficient (Wildman–Crippen LogP) is 11.1. The number of fused-ring (bicyclic) bond motifs is 4. The number of nitrogens with zero attached hydrogens (tertiary/aromatic N) is 7. The fourth-order valence-corrected chi connectivity index (χ4v) is 7.39. The smallest absolute Gasteiger partial charge is 0.162 e. The summed E-state index contributed by atoms with van der Waals surface area (Å²) in [5.74, 6) is 0.640. The Morgan fingerprint density at radius 2 is 1.04 bits per heavy atom. The zero-order chi connectivity index (χ0) is 35.1. The fraction of sp³-hybridized carbons (Fsp3) is 0. The number of para-hydroxylation sites is 2. The van der Waals surface area contributed by atoms with Gasteiger partial charge in [0.15, 0.2) is 5.82 Å². The van der Waals surface area contributed by atoms with Crippen LogP contribution in [0, 0.1) is 0 Å². The molecule has 0 unspecified atom stereocenters. The van der Waals surface area contributed by atoms with Crippen molar-refractivity contribution >= 4 is 49.8 Å². The van der Waals surface area contributed by atoms with Crippen molar-refractivity contribution in [2.24, 2.45) is 0 Å². The summed E-state index contributed by atoms with van der Waals surface area (Å²) in [7, 11) is 0. The van der Waals surface area contributed by atoms with Crippen molar-refractivity contribution in [3.63, 3.8) is 0 Å². The van der Waals surface area contributed by atoms with Crippen LogP contribution in [0.1, 0.15) is 0 Å². The second kappa shape index (κ2) is 12.7. The lowest BCUT2D eigenvalue weighted by Crippen LogP contribution is -2.10. The number of hydrogen-bond acceptors (Lipinski definition) is 5. The van der Waals surface area contributed by atoms with Crippen molar-refractivity contribution in [3.8, 4) is 33.9 Å². The highest BCUT2D eigenvalue weighted by molar-refractivity contribution is 6.14. The minimum atomic E-state index is 0.640. The van der Waals surface area contributed by atoms with Gasteiger partial charge in [-0.25, -0.2) is 15.0 Å². The Kier molecular flexibility index (Phi) is 7.32. The number of pyridine rings is 1. The Morgan fingerprint density at radius 1 is 0.434 bits per heavy atom. The number of hydrogen-bond donors (Lipinski definition) is 0. The van der Waals surface area contributed by atoms with Gasteiger partial charge < -0.3 is 14.0 Å². The molecule has 0 N–H and O–H groups in total. The van der Waals surface area contributed by atoms with Gasteiger partial charge in [-0.05, 0) is 120 Å². The highest BCUT2D eigenvalue weighted by Gasteiger charge is 2.19. The second-order valence-electron chi connectivity index (χ2n) is 12.9. The topological polar surface area (TPSA) is 64.7 Å². The fourth-order valence-electron chi connectivity index (χ4n) is 7.39. The van der Waals surface area contributed by atoms with Gasteiger partial charge in [0, 0.05) is 68.7 Å². The van der Waals surface area contributed by atoms with Gasteiger partial charge in [0.2, 0.25) is 0 Å². The van der Waals surface area contributed by atoms with Crippen LogP contribution in [0.4, 0.5) is 17.1 Å². The van der Waals surface area contributed by atoms with E-state index in [1.54, 1.807) is 0 Å². The number of rotatable bonds is 7. The lowest BCUT2D eigenvalue weighted by molar-refractivity contribution is 1.06. The van der Waals surface area contributed by atoms with Crippen LogP contribution in [0.2, 0.25) is 0 Å². The third kappa shape index (κ3) is 5.39. The van der Waals surface area contributed by atoms with Crippen LogP contribution in [-0.2, 0) is 0 Å². The number of anilines is 3. The second-order valence-corrected chi connectivity index (χ2v) is 12.9. The molecule has 0 aliphatic rings. The van der Waals surface area contributed by atoms with Gasteiger partial charge in [-0.2, -0.15) is 0 Å². The van der Waals surface area contributed by atoms with E-state index in [-0.39, 0.29) is 0 Å². The molecule has 4 aromatic heterocycles. The summed E-state index contributed by atoms with van der Waals surface area (Å²) >= 11 is 0. The number of benzene rings is 6. The molecule has 7 heteroatoms. The van der Waals surface area contributed by atoms with Crippen LogP contribution in [0.3, 0.4) is 0 Å². The first-order valence-corrected chi connectivity index (χ1v) is 17.5. The van der Waals surface area contributed by atoms with Crippen LogP contribution in [0.15, 0.2) is 189 Å². The Hall–Kier alpha value is -7.38. The maximum Gasteiger partial charge on any atom is 0.162 e. The summed E-state index contributed by atoms with van der Waals surface area (Å²) in [4.78, 5) is 19.2. The standard InChI is InChI=1S/C46H31N7/c1-3-7-36(8-4-1)51-26-23-35-27-45-42(29-44(35)51)41-28-40(19-20-43(41)53(45)37-9-5-2-6-10-37)52(38-15-11-32(12-16-38)33-21-24-47-25-22-33)39-17-13-34(14-18-39)46-49-30-48-31-50-46/h1-31H. The zero-order valence-electron chi connectivity index (χ0n) is 28.5. The monoisotopic (exact) mass is 681 g/mol. The summed E-state index contributed by atoms with van der Waals surface area (Å²) < 4.78 is 4.65.